The predicted molar refractivity (Wildman–Crippen MR) is 61.2 cm³/mol. The highest BCUT2D eigenvalue weighted by atomic mass is 14.5. The summed E-state index contributed by atoms with van der Waals surface area (Å²) in [5.74, 6) is 0. The van der Waals surface area contributed by atoms with Crippen molar-refractivity contribution in [2.24, 2.45) is 11.5 Å². The van der Waals surface area contributed by atoms with Crippen LogP contribution in [0.25, 0.3) is 0 Å². The number of nitrogens with two attached hydrogens (primary N) is 2. The van der Waals surface area contributed by atoms with E-state index in [4.69, 9.17) is 11.5 Å². The topological polar surface area (TPSA) is 52.0 Å². The molecule has 0 spiro atoms. The standard InChI is InChI=1S/C12H20N2/c13-8-2-6-11-4-1-5-12(10-11)7-3-9-14/h1,4-5,10H,2-3,6-9,13-14H2. The number of rotatable bonds is 6. The SMILES string of the molecule is NCCCc1cccc(CCCN)c1. The zero-order valence-electron chi connectivity index (χ0n) is 8.71. The van der Waals surface area contributed by atoms with Gasteiger partial charge in [0.05, 0.1) is 0 Å². The Morgan fingerprint density at radius 3 is 1.79 bits per heavy atom. The van der Waals surface area contributed by atoms with Gasteiger partial charge in [0, 0.05) is 0 Å². The summed E-state index contributed by atoms with van der Waals surface area (Å²) in [6, 6.07) is 8.73. The van der Waals surface area contributed by atoms with Gasteiger partial charge in [-0.25, -0.2) is 0 Å². The van der Waals surface area contributed by atoms with Crippen LogP contribution in [0.1, 0.15) is 24.0 Å². The molecule has 0 radical (unpaired) electrons. The molecule has 2 nitrogen and oxygen atoms in total. The van der Waals surface area contributed by atoms with Crippen LogP contribution in [0.15, 0.2) is 24.3 Å². The first kappa shape index (κ1) is 11.2. The van der Waals surface area contributed by atoms with Gasteiger partial charge in [0.2, 0.25) is 0 Å². The lowest BCUT2D eigenvalue weighted by molar-refractivity contribution is 0.816. The lowest BCUT2D eigenvalue weighted by Gasteiger charge is -2.04. The van der Waals surface area contributed by atoms with Crippen molar-refractivity contribution in [1.82, 2.24) is 0 Å². The van der Waals surface area contributed by atoms with Crippen molar-refractivity contribution in [3.63, 3.8) is 0 Å². The summed E-state index contributed by atoms with van der Waals surface area (Å²) in [6.45, 7) is 1.54. The van der Waals surface area contributed by atoms with Crippen molar-refractivity contribution in [3.8, 4) is 0 Å². The summed E-state index contributed by atoms with van der Waals surface area (Å²) in [5, 5.41) is 0. The van der Waals surface area contributed by atoms with Gasteiger partial charge in [-0.15, -0.1) is 0 Å². The smallest absolute Gasteiger partial charge is 0.00741 e. The van der Waals surface area contributed by atoms with Gasteiger partial charge in [-0.1, -0.05) is 24.3 Å². The van der Waals surface area contributed by atoms with Gasteiger partial charge in [-0.2, -0.15) is 0 Å². The van der Waals surface area contributed by atoms with E-state index >= 15 is 0 Å². The first-order valence-corrected chi connectivity index (χ1v) is 5.34. The Morgan fingerprint density at radius 2 is 1.36 bits per heavy atom. The van der Waals surface area contributed by atoms with E-state index < -0.39 is 0 Å². The van der Waals surface area contributed by atoms with E-state index in [2.05, 4.69) is 24.3 Å². The molecule has 0 atom stereocenters. The first-order chi connectivity index (χ1) is 6.86. The fourth-order valence-corrected chi connectivity index (χ4v) is 1.55. The fraction of sp³-hybridized carbons (Fsp3) is 0.500. The second-order valence-corrected chi connectivity index (χ2v) is 3.60. The largest absolute Gasteiger partial charge is 0.330 e. The molecule has 0 aliphatic heterocycles. The van der Waals surface area contributed by atoms with Gasteiger partial charge in [0.1, 0.15) is 0 Å². The highest BCUT2D eigenvalue weighted by molar-refractivity contribution is 5.23. The molecule has 0 aromatic heterocycles. The van der Waals surface area contributed by atoms with E-state index in [9.17, 15) is 0 Å². The molecule has 2 heteroatoms. The summed E-state index contributed by atoms with van der Waals surface area (Å²) < 4.78 is 0. The van der Waals surface area contributed by atoms with Gasteiger partial charge >= 0.3 is 0 Å². The van der Waals surface area contributed by atoms with Crippen molar-refractivity contribution < 1.29 is 0 Å². The van der Waals surface area contributed by atoms with Gasteiger partial charge in [-0.05, 0) is 49.9 Å². The third-order valence-corrected chi connectivity index (χ3v) is 2.33. The molecule has 0 bridgehead atoms. The molecule has 0 aliphatic rings. The van der Waals surface area contributed by atoms with Crippen LogP contribution in [-0.4, -0.2) is 13.1 Å². The minimum Gasteiger partial charge on any atom is -0.330 e. The van der Waals surface area contributed by atoms with Crippen LogP contribution >= 0.6 is 0 Å². The van der Waals surface area contributed by atoms with Crippen LogP contribution < -0.4 is 11.5 Å². The minimum absolute atomic E-state index is 0.771. The molecule has 0 saturated carbocycles. The molecular formula is C12H20N2. The molecule has 1 aromatic carbocycles. The molecule has 0 amide bonds. The maximum atomic E-state index is 5.48. The van der Waals surface area contributed by atoms with Crippen LogP contribution in [0.2, 0.25) is 0 Å². The molecule has 1 rings (SSSR count). The van der Waals surface area contributed by atoms with Gasteiger partial charge in [0.15, 0.2) is 0 Å². The van der Waals surface area contributed by atoms with E-state index in [1.54, 1.807) is 0 Å². The Hall–Kier alpha value is -0.860. The number of hydrogen-bond acceptors (Lipinski definition) is 2. The third-order valence-electron chi connectivity index (χ3n) is 2.33. The quantitative estimate of drug-likeness (QED) is 0.717. The molecular weight excluding hydrogens is 172 g/mol. The first-order valence-electron chi connectivity index (χ1n) is 5.34. The van der Waals surface area contributed by atoms with Crippen LogP contribution in [0.5, 0.6) is 0 Å². The van der Waals surface area contributed by atoms with E-state index in [0.29, 0.717) is 0 Å². The lowest BCUT2D eigenvalue weighted by atomic mass is 10.0. The van der Waals surface area contributed by atoms with E-state index in [-0.39, 0.29) is 0 Å². The van der Waals surface area contributed by atoms with Gasteiger partial charge < -0.3 is 11.5 Å². The average molecular weight is 192 g/mol. The number of benzene rings is 1. The summed E-state index contributed by atoms with van der Waals surface area (Å²) in [5.41, 5.74) is 13.7. The Kier molecular flexibility index (Phi) is 5.27. The van der Waals surface area contributed by atoms with Crippen LogP contribution in [-0.2, 0) is 12.8 Å². The van der Waals surface area contributed by atoms with Crippen molar-refractivity contribution in [3.05, 3.63) is 35.4 Å². The zero-order valence-corrected chi connectivity index (χ0v) is 8.71. The Balaban J connectivity index is 2.50. The van der Waals surface area contributed by atoms with Gasteiger partial charge in [-0.3, -0.25) is 0 Å². The third kappa shape index (κ3) is 3.90. The van der Waals surface area contributed by atoms with E-state index in [1.165, 1.54) is 11.1 Å². The van der Waals surface area contributed by atoms with Crippen molar-refractivity contribution >= 4 is 0 Å². The van der Waals surface area contributed by atoms with Crippen molar-refractivity contribution in [1.29, 1.82) is 0 Å². The maximum Gasteiger partial charge on any atom is -0.00741 e. The average Bonchev–Trinajstić information content (AvgIpc) is 2.24. The molecule has 14 heavy (non-hydrogen) atoms. The van der Waals surface area contributed by atoms with Gasteiger partial charge in [0.25, 0.3) is 0 Å². The molecule has 0 fully saturated rings. The van der Waals surface area contributed by atoms with Crippen molar-refractivity contribution in [2.45, 2.75) is 25.7 Å². The summed E-state index contributed by atoms with van der Waals surface area (Å²) in [6.07, 6.45) is 4.32. The number of aryl methyl sites for hydroxylation is 2. The normalized spacial score (nSPS) is 10.4. The predicted octanol–water partition coefficient (Wildman–Crippen LogP) is 1.47. The summed E-state index contributed by atoms with van der Waals surface area (Å²) in [7, 11) is 0. The Bertz CT molecular complexity index is 235. The van der Waals surface area contributed by atoms with Crippen LogP contribution in [0.4, 0.5) is 0 Å². The molecule has 4 N–H and O–H groups in total. The summed E-state index contributed by atoms with van der Waals surface area (Å²) >= 11 is 0. The monoisotopic (exact) mass is 192 g/mol. The highest BCUT2D eigenvalue weighted by Gasteiger charge is 1.95. The Labute approximate surface area is 86.3 Å². The second kappa shape index (κ2) is 6.57. The molecule has 0 unspecified atom stereocenters. The van der Waals surface area contributed by atoms with E-state index in [0.717, 1.165) is 38.8 Å². The number of hydrogen-bond donors (Lipinski definition) is 2. The maximum absolute atomic E-state index is 5.48. The fourth-order valence-electron chi connectivity index (χ4n) is 1.55. The van der Waals surface area contributed by atoms with Crippen molar-refractivity contribution in [2.75, 3.05) is 13.1 Å². The van der Waals surface area contributed by atoms with E-state index in [1.807, 2.05) is 0 Å². The molecule has 0 heterocycles. The molecule has 0 aliphatic carbocycles. The minimum atomic E-state index is 0.771. The highest BCUT2D eigenvalue weighted by Crippen LogP contribution is 2.08. The van der Waals surface area contributed by atoms with Crippen LogP contribution in [0.3, 0.4) is 0 Å². The van der Waals surface area contributed by atoms with Crippen LogP contribution in [0, 0.1) is 0 Å². The Morgan fingerprint density at radius 1 is 0.857 bits per heavy atom. The zero-order chi connectivity index (χ0) is 10.2. The second-order valence-electron chi connectivity index (χ2n) is 3.60. The summed E-state index contributed by atoms with van der Waals surface area (Å²) in [4.78, 5) is 0. The lowest BCUT2D eigenvalue weighted by Crippen LogP contribution is -2.02. The molecule has 0 saturated heterocycles. The molecule has 1 aromatic rings. The molecule has 78 valence electrons.